The Hall–Kier alpha value is -2.84. The van der Waals surface area contributed by atoms with Crippen LogP contribution < -0.4 is 14.8 Å². The molecule has 4 rings (SSSR count). The minimum atomic E-state index is -0.0314. The third-order valence-corrected chi connectivity index (χ3v) is 6.07. The standard InChI is InChI=1S/C22H20BrN3O3S/c1-28-19-7-6-15(9-20(19)29-2)18-12-26-17(13-30-22(26)25-18)10-21(27)24-11-14-4-3-5-16(23)8-14/h3-9,12-13H,10-11H2,1-2H3,(H,24,27). The molecule has 1 amide bonds. The number of methoxy groups -OCH3 is 2. The summed E-state index contributed by atoms with van der Waals surface area (Å²) in [5.74, 6) is 1.29. The van der Waals surface area contributed by atoms with E-state index in [0.29, 0.717) is 18.0 Å². The molecule has 2 aromatic carbocycles. The average molecular weight is 486 g/mol. The van der Waals surface area contributed by atoms with E-state index in [2.05, 4.69) is 21.2 Å². The Bertz CT molecular complexity index is 1200. The van der Waals surface area contributed by atoms with Crippen LogP contribution >= 0.6 is 27.3 Å². The van der Waals surface area contributed by atoms with E-state index < -0.39 is 0 Å². The number of nitrogens with zero attached hydrogens (tertiary/aromatic N) is 2. The number of nitrogens with one attached hydrogen (secondary N) is 1. The lowest BCUT2D eigenvalue weighted by molar-refractivity contribution is -0.120. The number of rotatable bonds is 7. The summed E-state index contributed by atoms with van der Waals surface area (Å²) in [6.45, 7) is 0.492. The van der Waals surface area contributed by atoms with E-state index in [0.717, 1.165) is 31.9 Å². The topological polar surface area (TPSA) is 64.9 Å². The maximum absolute atomic E-state index is 12.5. The molecule has 0 atom stereocenters. The lowest BCUT2D eigenvalue weighted by atomic mass is 10.1. The van der Waals surface area contributed by atoms with Crippen molar-refractivity contribution < 1.29 is 14.3 Å². The number of fused-ring (bicyclic) bond motifs is 1. The van der Waals surface area contributed by atoms with Crippen molar-refractivity contribution in [3.05, 3.63) is 69.8 Å². The van der Waals surface area contributed by atoms with E-state index >= 15 is 0 Å². The van der Waals surface area contributed by atoms with Crippen molar-refractivity contribution in [3.63, 3.8) is 0 Å². The molecule has 0 aliphatic carbocycles. The van der Waals surface area contributed by atoms with Gasteiger partial charge in [0.2, 0.25) is 5.91 Å². The summed E-state index contributed by atoms with van der Waals surface area (Å²) in [4.78, 5) is 18.0. The zero-order valence-electron chi connectivity index (χ0n) is 16.5. The van der Waals surface area contributed by atoms with Gasteiger partial charge in [-0.3, -0.25) is 9.20 Å². The van der Waals surface area contributed by atoms with Gasteiger partial charge >= 0.3 is 0 Å². The molecular formula is C22H20BrN3O3S. The van der Waals surface area contributed by atoms with Crippen molar-refractivity contribution in [2.24, 2.45) is 0 Å². The third kappa shape index (κ3) is 4.34. The van der Waals surface area contributed by atoms with Gasteiger partial charge in [0.25, 0.3) is 0 Å². The number of ether oxygens (including phenoxy) is 2. The molecule has 8 heteroatoms. The van der Waals surface area contributed by atoms with Gasteiger partial charge in [-0.25, -0.2) is 4.98 Å². The van der Waals surface area contributed by atoms with Crippen LogP contribution in [0.25, 0.3) is 16.2 Å². The summed E-state index contributed by atoms with van der Waals surface area (Å²) < 4.78 is 13.7. The molecule has 0 saturated heterocycles. The second-order valence-electron chi connectivity index (χ2n) is 6.66. The number of aromatic nitrogens is 2. The number of carbonyl (C=O) groups excluding carboxylic acids is 1. The Balaban J connectivity index is 1.50. The van der Waals surface area contributed by atoms with Crippen LogP contribution in [0.4, 0.5) is 0 Å². The Labute approximate surface area is 186 Å². The van der Waals surface area contributed by atoms with Gasteiger partial charge in [0.05, 0.1) is 26.3 Å². The van der Waals surface area contributed by atoms with Gasteiger partial charge in [0, 0.05) is 33.9 Å². The minimum Gasteiger partial charge on any atom is -0.493 e. The highest BCUT2D eigenvalue weighted by Crippen LogP contribution is 2.32. The number of halogens is 1. The predicted octanol–water partition coefficient (Wildman–Crippen LogP) is 4.70. The molecule has 0 aliphatic rings. The molecule has 0 aliphatic heterocycles. The number of imidazole rings is 1. The molecular weight excluding hydrogens is 466 g/mol. The van der Waals surface area contributed by atoms with Crippen LogP contribution in [0.15, 0.2) is 58.5 Å². The summed E-state index contributed by atoms with van der Waals surface area (Å²) in [5, 5.41) is 4.95. The largest absolute Gasteiger partial charge is 0.493 e. The van der Waals surface area contributed by atoms with E-state index in [1.54, 1.807) is 14.2 Å². The molecule has 0 saturated carbocycles. The van der Waals surface area contributed by atoms with Crippen molar-refractivity contribution in [3.8, 4) is 22.8 Å². The van der Waals surface area contributed by atoms with Gasteiger partial charge in [-0.05, 0) is 35.9 Å². The van der Waals surface area contributed by atoms with E-state index in [1.165, 1.54) is 11.3 Å². The lowest BCUT2D eigenvalue weighted by Crippen LogP contribution is -2.24. The van der Waals surface area contributed by atoms with Gasteiger partial charge in [-0.1, -0.05) is 28.1 Å². The monoisotopic (exact) mass is 485 g/mol. The van der Waals surface area contributed by atoms with Gasteiger partial charge in [0.15, 0.2) is 16.5 Å². The van der Waals surface area contributed by atoms with Crippen LogP contribution in [0.5, 0.6) is 11.5 Å². The summed E-state index contributed by atoms with van der Waals surface area (Å²) in [7, 11) is 3.22. The molecule has 0 spiro atoms. The Morgan fingerprint density at radius 1 is 1.17 bits per heavy atom. The van der Waals surface area contributed by atoms with Crippen LogP contribution in [0, 0.1) is 0 Å². The zero-order chi connectivity index (χ0) is 21.1. The van der Waals surface area contributed by atoms with E-state index in [9.17, 15) is 4.79 Å². The number of amides is 1. The van der Waals surface area contributed by atoms with Gasteiger partial charge in [0.1, 0.15) is 0 Å². The van der Waals surface area contributed by atoms with Crippen LogP contribution in [0.1, 0.15) is 11.3 Å². The maximum Gasteiger partial charge on any atom is 0.226 e. The molecule has 0 radical (unpaired) electrons. The van der Waals surface area contributed by atoms with Crippen LogP contribution in [-0.2, 0) is 17.8 Å². The molecule has 2 aromatic heterocycles. The maximum atomic E-state index is 12.5. The minimum absolute atomic E-state index is 0.0314. The van der Waals surface area contributed by atoms with E-state index in [-0.39, 0.29) is 12.3 Å². The van der Waals surface area contributed by atoms with Gasteiger partial charge in [-0.2, -0.15) is 0 Å². The van der Waals surface area contributed by atoms with Gasteiger partial charge in [-0.15, -0.1) is 11.3 Å². The third-order valence-electron chi connectivity index (χ3n) is 4.68. The normalized spacial score (nSPS) is 10.9. The van der Waals surface area contributed by atoms with Crippen molar-refractivity contribution in [2.45, 2.75) is 13.0 Å². The first-order valence-electron chi connectivity index (χ1n) is 9.26. The zero-order valence-corrected chi connectivity index (χ0v) is 18.9. The van der Waals surface area contributed by atoms with E-state index in [1.807, 2.05) is 58.4 Å². The molecule has 30 heavy (non-hydrogen) atoms. The second kappa shape index (κ2) is 8.89. The van der Waals surface area contributed by atoms with E-state index in [4.69, 9.17) is 14.5 Å². The summed E-state index contributed by atoms with van der Waals surface area (Å²) in [6.07, 6.45) is 2.24. The predicted molar refractivity (Wildman–Crippen MR) is 121 cm³/mol. The highest BCUT2D eigenvalue weighted by molar-refractivity contribution is 9.10. The molecule has 2 heterocycles. The fourth-order valence-corrected chi connectivity index (χ4v) is 4.49. The second-order valence-corrected chi connectivity index (χ2v) is 8.41. The Kier molecular flexibility index (Phi) is 6.06. The Morgan fingerprint density at radius 3 is 2.77 bits per heavy atom. The number of benzene rings is 2. The first kappa shape index (κ1) is 20.4. The van der Waals surface area contributed by atoms with Crippen molar-refractivity contribution in [1.29, 1.82) is 0 Å². The SMILES string of the molecule is COc1ccc(-c2cn3c(CC(=O)NCc4cccc(Br)c4)csc3n2)cc1OC. The number of hydrogen-bond acceptors (Lipinski definition) is 5. The summed E-state index contributed by atoms with van der Waals surface area (Å²) in [5.41, 5.74) is 3.69. The van der Waals surface area contributed by atoms with Crippen molar-refractivity contribution in [2.75, 3.05) is 14.2 Å². The highest BCUT2D eigenvalue weighted by Gasteiger charge is 2.14. The summed E-state index contributed by atoms with van der Waals surface area (Å²) in [6, 6.07) is 13.6. The average Bonchev–Trinajstić information content (AvgIpc) is 3.34. The van der Waals surface area contributed by atoms with Crippen LogP contribution in [0.3, 0.4) is 0 Å². The smallest absolute Gasteiger partial charge is 0.226 e. The number of carbonyl (C=O) groups is 1. The number of hydrogen-bond donors (Lipinski definition) is 1. The van der Waals surface area contributed by atoms with Crippen molar-refractivity contribution >= 4 is 38.1 Å². The molecule has 4 aromatic rings. The van der Waals surface area contributed by atoms with Crippen LogP contribution in [0.2, 0.25) is 0 Å². The molecule has 1 N–H and O–H groups in total. The van der Waals surface area contributed by atoms with Crippen molar-refractivity contribution in [1.82, 2.24) is 14.7 Å². The lowest BCUT2D eigenvalue weighted by Gasteiger charge is -2.08. The van der Waals surface area contributed by atoms with Gasteiger partial charge < -0.3 is 14.8 Å². The number of thiazole rings is 1. The summed E-state index contributed by atoms with van der Waals surface area (Å²) >= 11 is 4.96. The van der Waals surface area contributed by atoms with Crippen LogP contribution in [-0.4, -0.2) is 29.5 Å². The molecule has 0 bridgehead atoms. The quantitative estimate of drug-likeness (QED) is 0.411. The highest BCUT2D eigenvalue weighted by atomic mass is 79.9. The fraction of sp³-hybridized carbons (Fsp3) is 0.182. The molecule has 0 fully saturated rings. The first-order chi connectivity index (χ1) is 14.6. The fourth-order valence-electron chi connectivity index (χ4n) is 3.17. The molecule has 0 unspecified atom stereocenters. The molecule has 6 nitrogen and oxygen atoms in total. The molecule has 154 valence electrons. The first-order valence-corrected chi connectivity index (χ1v) is 10.9. The Morgan fingerprint density at radius 2 is 2.00 bits per heavy atom.